The highest BCUT2D eigenvalue weighted by atomic mass is 16.4. The zero-order valence-electron chi connectivity index (χ0n) is 11.6. The number of carbonyl (C=O) groups excluding carboxylic acids is 1. The molecule has 2 rings (SSSR count). The average Bonchev–Trinajstić information content (AvgIpc) is 2.85. The van der Waals surface area contributed by atoms with E-state index in [0.29, 0.717) is 18.9 Å². The third-order valence-corrected chi connectivity index (χ3v) is 3.73. The summed E-state index contributed by atoms with van der Waals surface area (Å²) >= 11 is 0. The van der Waals surface area contributed by atoms with Crippen LogP contribution < -0.4 is 10.6 Å². The van der Waals surface area contributed by atoms with Crippen LogP contribution in [0.2, 0.25) is 0 Å². The van der Waals surface area contributed by atoms with Crippen molar-refractivity contribution in [2.45, 2.75) is 25.8 Å². The van der Waals surface area contributed by atoms with Crippen LogP contribution >= 0.6 is 0 Å². The molecule has 0 aromatic heterocycles. The van der Waals surface area contributed by atoms with E-state index in [0.717, 1.165) is 18.5 Å². The minimum Gasteiger partial charge on any atom is -0.478 e. The lowest BCUT2D eigenvalue weighted by atomic mass is 10.0. The second-order valence-electron chi connectivity index (χ2n) is 5.24. The van der Waals surface area contributed by atoms with E-state index < -0.39 is 5.97 Å². The van der Waals surface area contributed by atoms with Gasteiger partial charge in [0.1, 0.15) is 0 Å². The molecule has 1 aliphatic rings. The number of amides is 1. The third-order valence-electron chi connectivity index (χ3n) is 3.73. The maximum Gasteiger partial charge on any atom is 0.335 e. The molecule has 20 heavy (non-hydrogen) atoms. The normalized spacial score (nSPS) is 21.6. The molecular formula is C15H20N2O3. The Morgan fingerprint density at radius 2 is 2.05 bits per heavy atom. The molecule has 2 unspecified atom stereocenters. The second kappa shape index (κ2) is 6.52. The smallest absolute Gasteiger partial charge is 0.335 e. The van der Waals surface area contributed by atoms with Crippen LogP contribution in [0.3, 0.4) is 0 Å². The molecule has 0 saturated carbocycles. The number of carboxylic acid groups (broad SMARTS) is 1. The maximum atomic E-state index is 11.9. The largest absolute Gasteiger partial charge is 0.478 e. The van der Waals surface area contributed by atoms with E-state index in [9.17, 15) is 9.59 Å². The number of aromatic carboxylic acids is 1. The van der Waals surface area contributed by atoms with Crippen LogP contribution in [0.5, 0.6) is 0 Å². The molecule has 5 nitrogen and oxygen atoms in total. The van der Waals surface area contributed by atoms with Gasteiger partial charge in [-0.25, -0.2) is 4.79 Å². The lowest BCUT2D eigenvalue weighted by Gasteiger charge is -2.15. The lowest BCUT2D eigenvalue weighted by molar-refractivity contribution is -0.123. The van der Waals surface area contributed by atoms with Gasteiger partial charge in [-0.05, 0) is 43.0 Å². The summed E-state index contributed by atoms with van der Waals surface area (Å²) in [7, 11) is 0. The molecular weight excluding hydrogens is 256 g/mol. The Balaban J connectivity index is 1.78. The van der Waals surface area contributed by atoms with Gasteiger partial charge in [-0.15, -0.1) is 0 Å². The molecule has 1 aromatic carbocycles. The fourth-order valence-corrected chi connectivity index (χ4v) is 2.44. The average molecular weight is 276 g/mol. The Kier molecular flexibility index (Phi) is 4.74. The van der Waals surface area contributed by atoms with Gasteiger partial charge < -0.3 is 15.7 Å². The number of hydrogen-bond acceptors (Lipinski definition) is 3. The molecule has 5 heteroatoms. The number of hydrogen-bond donors (Lipinski definition) is 3. The Bertz CT molecular complexity index is 484. The molecule has 0 bridgehead atoms. The number of benzene rings is 1. The molecule has 108 valence electrons. The van der Waals surface area contributed by atoms with Crippen LogP contribution in [0.1, 0.15) is 29.3 Å². The van der Waals surface area contributed by atoms with Crippen LogP contribution in [0.15, 0.2) is 24.3 Å². The summed E-state index contributed by atoms with van der Waals surface area (Å²) in [6, 6.07) is 6.66. The molecule has 1 aromatic rings. The van der Waals surface area contributed by atoms with Gasteiger partial charge in [0, 0.05) is 6.54 Å². The van der Waals surface area contributed by atoms with E-state index in [4.69, 9.17) is 5.11 Å². The Labute approximate surface area is 118 Å². The van der Waals surface area contributed by atoms with Crippen molar-refractivity contribution >= 4 is 11.9 Å². The minimum atomic E-state index is -0.925. The fraction of sp³-hybridized carbons (Fsp3) is 0.467. The Morgan fingerprint density at radius 1 is 1.35 bits per heavy atom. The van der Waals surface area contributed by atoms with Gasteiger partial charge in [0.15, 0.2) is 0 Å². The van der Waals surface area contributed by atoms with Crippen molar-refractivity contribution in [2.24, 2.45) is 5.92 Å². The highest BCUT2D eigenvalue weighted by Crippen LogP contribution is 2.14. The van der Waals surface area contributed by atoms with Gasteiger partial charge in [-0.1, -0.05) is 19.1 Å². The molecule has 1 saturated heterocycles. The van der Waals surface area contributed by atoms with Gasteiger partial charge in [0.2, 0.25) is 5.91 Å². The van der Waals surface area contributed by atoms with E-state index in [1.165, 1.54) is 0 Å². The van der Waals surface area contributed by atoms with Crippen molar-refractivity contribution in [1.82, 2.24) is 10.6 Å². The maximum absolute atomic E-state index is 11.9. The number of carbonyl (C=O) groups is 2. The summed E-state index contributed by atoms with van der Waals surface area (Å²) in [4.78, 5) is 22.7. The predicted molar refractivity (Wildman–Crippen MR) is 75.7 cm³/mol. The summed E-state index contributed by atoms with van der Waals surface area (Å²) in [6.07, 6.45) is 1.74. The first-order valence-corrected chi connectivity index (χ1v) is 6.91. The Hall–Kier alpha value is -1.88. The molecule has 1 aliphatic heterocycles. The van der Waals surface area contributed by atoms with Crippen molar-refractivity contribution in [3.63, 3.8) is 0 Å². The van der Waals surface area contributed by atoms with Crippen LogP contribution in [0.4, 0.5) is 0 Å². The first kappa shape index (κ1) is 14.5. The SMILES string of the molecule is CC1CCNC1C(=O)NCCc1ccc(C(=O)O)cc1. The summed E-state index contributed by atoms with van der Waals surface area (Å²) in [5.74, 6) is -0.492. The van der Waals surface area contributed by atoms with Gasteiger partial charge in [0.05, 0.1) is 11.6 Å². The zero-order chi connectivity index (χ0) is 14.5. The first-order chi connectivity index (χ1) is 9.58. The van der Waals surface area contributed by atoms with Crippen LogP contribution in [0, 0.1) is 5.92 Å². The van der Waals surface area contributed by atoms with Gasteiger partial charge in [0.25, 0.3) is 0 Å². The minimum absolute atomic E-state index is 0.0529. The van der Waals surface area contributed by atoms with Crippen LogP contribution in [-0.2, 0) is 11.2 Å². The van der Waals surface area contributed by atoms with E-state index >= 15 is 0 Å². The highest BCUT2D eigenvalue weighted by molar-refractivity contribution is 5.87. The van der Waals surface area contributed by atoms with E-state index in [1.54, 1.807) is 24.3 Å². The number of nitrogens with one attached hydrogen (secondary N) is 2. The summed E-state index contributed by atoms with van der Waals surface area (Å²) < 4.78 is 0. The third kappa shape index (κ3) is 3.57. The van der Waals surface area contributed by atoms with Gasteiger partial charge in [-0.3, -0.25) is 4.79 Å². The van der Waals surface area contributed by atoms with E-state index in [2.05, 4.69) is 17.6 Å². The summed E-state index contributed by atoms with van der Waals surface area (Å²) in [5, 5.41) is 14.9. The van der Waals surface area contributed by atoms with Crippen molar-refractivity contribution in [3.05, 3.63) is 35.4 Å². The quantitative estimate of drug-likeness (QED) is 0.751. The number of rotatable bonds is 5. The van der Waals surface area contributed by atoms with Crippen LogP contribution in [0.25, 0.3) is 0 Å². The highest BCUT2D eigenvalue weighted by Gasteiger charge is 2.28. The topological polar surface area (TPSA) is 78.4 Å². The first-order valence-electron chi connectivity index (χ1n) is 6.91. The van der Waals surface area contributed by atoms with Gasteiger partial charge >= 0.3 is 5.97 Å². The molecule has 0 aliphatic carbocycles. The molecule has 2 atom stereocenters. The zero-order valence-corrected chi connectivity index (χ0v) is 11.6. The van der Waals surface area contributed by atoms with E-state index in [-0.39, 0.29) is 17.5 Å². The van der Waals surface area contributed by atoms with Crippen molar-refractivity contribution in [3.8, 4) is 0 Å². The lowest BCUT2D eigenvalue weighted by Crippen LogP contribution is -2.43. The second-order valence-corrected chi connectivity index (χ2v) is 5.24. The van der Waals surface area contributed by atoms with Crippen LogP contribution in [-0.4, -0.2) is 36.1 Å². The predicted octanol–water partition coefficient (Wildman–Crippen LogP) is 1.04. The molecule has 3 N–H and O–H groups in total. The summed E-state index contributed by atoms with van der Waals surface area (Å²) in [6.45, 7) is 3.54. The Morgan fingerprint density at radius 3 is 2.60 bits per heavy atom. The van der Waals surface area contributed by atoms with Crippen molar-refractivity contribution in [2.75, 3.05) is 13.1 Å². The standard InChI is InChI=1S/C15H20N2O3/c1-10-6-8-16-13(10)14(18)17-9-7-11-2-4-12(5-3-11)15(19)20/h2-5,10,13,16H,6-9H2,1H3,(H,17,18)(H,19,20). The van der Waals surface area contributed by atoms with Crippen molar-refractivity contribution in [1.29, 1.82) is 0 Å². The van der Waals surface area contributed by atoms with Gasteiger partial charge in [-0.2, -0.15) is 0 Å². The van der Waals surface area contributed by atoms with Crippen molar-refractivity contribution < 1.29 is 14.7 Å². The molecule has 1 fully saturated rings. The summed E-state index contributed by atoms with van der Waals surface area (Å²) in [5.41, 5.74) is 1.30. The molecule has 1 heterocycles. The molecule has 0 spiro atoms. The molecule has 1 amide bonds. The fourth-order valence-electron chi connectivity index (χ4n) is 2.44. The van der Waals surface area contributed by atoms with E-state index in [1.807, 2.05) is 0 Å². The molecule has 0 radical (unpaired) electrons. The number of carboxylic acids is 1. The monoisotopic (exact) mass is 276 g/mol.